The lowest BCUT2D eigenvalue weighted by Gasteiger charge is -2.40. The first-order valence-corrected chi connectivity index (χ1v) is 9.74. The van der Waals surface area contributed by atoms with Crippen molar-refractivity contribution in [3.05, 3.63) is 24.0 Å². The molecule has 0 spiro atoms. The number of hydrazine groups is 1. The summed E-state index contributed by atoms with van der Waals surface area (Å²) in [5.74, 6) is -0.0883. The standard InChI is InChI=1S/C19H30N6O3/c1-13-5-7-24(8-6-13)17-9-16(18(26)21-14(2)12-28-4)19(27)25(22-17)15-10-20-23(3)11-15/h9-11,13-14,17,22H,5-8,12H2,1-4H3,(H,21,26)/t14-,17?/m0/s1. The van der Waals surface area contributed by atoms with Crippen LogP contribution in [0.15, 0.2) is 24.0 Å². The SMILES string of the molecule is COC[C@H](C)NC(=O)C1=CC(N2CCC(C)CC2)NN(c2cnn(C)c2)C1=O. The van der Waals surface area contributed by atoms with Gasteiger partial charge < -0.3 is 10.1 Å². The maximum absolute atomic E-state index is 13.0. The van der Waals surface area contributed by atoms with E-state index in [2.05, 4.69) is 27.7 Å². The van der Waals surface area contributed by atoms with Crippen LogP contribution in [0.3, 0.4) is 0 Å². The van der Waals surface area contributed by atoms with Crippen molar-refractivity contribution in [2.75, 3.05) is 31.8 Å². The zero-order valence-corrected chi connectivity index (χ0v) is 17.0. The quantitative estimate of drug-likeness (QED) is 0.684. The van der Waals surface area contributed by atoms with Gasteiger partial charge in [0.2, 0.25) is 0 Å². The van der Waals surface area contributed by atoms with E-state index in [1.54, 1.807) is 37.3 Å². The lowest BCUT2D eigenvalue weighted by molar-refractivity contribution is -0.124. The van der Waals surface area contributed by atoms with E-state index in [1.165, 1.54) is 5.01 Å². The van der Waals surface area contributed by atoms with Crippen LogP contribution in [-0.2, 0) is 21.4 Å². The normalized spacial score (nSPS) is 22.9. The maximum Gasteiger partial charge on any atom is 0.278 e. The van der Waals surface area contributed by atoms with E-state index >= 15 is 0 Å². The number of hydrogen-bond acceptors (Lipinski definition) is 6. The van der Waals surface area contributed by atoms with Gasteiger partial charge in [0.05, 0.1) is 24.7 Å². The smallest absolute Gasteiger partial charge is 0.278 e. The number of carbonyl (C=O) groups is 2. The second-order valence-corrected chi connectivity index (χ2v) is 7.72. The third-order valence-electron chi connectivity index (χ3n) is 5.22. The molecule has 3 heterocycles. The molecule has 0 bridgehead atoms. The predicted molar refractivity (Wildman–Crippen MR) is 105 cm³/mol. The van der Waals surface area contributed by atoms with Crippen molar-refractivity contribution in [1.82, 2.24) is 25.4 Å². The Balaban J connectivity index is 1.85. The van der Waals surface area contributed by atoms with Crippen molar-refractivity contribution in [2.45, 2.75) is 38.9 Å². The number of piperidine rings is 1. The van der Waals surface area contributed by atoms with Gasteiger partial charge in [0, 0.05) is 39.5 Å². The molecule has 0 radical (unpaired) electrons. The average molecular weight is 390 g/mol. The topological polar surface area (TPSA) is 91.7 Å². The Morgan fingerprint density at radius 2 is 2.14 bits per heavy atom. The lowest BCUT2D eigenvalue weighted by Crippen LogP contribution is -2.60. The summed E-state index contributed by atoms with van der Waals surface area (Å²) < 4.78 is 6.70. The van der Waals surface area contributed by atoms with Crippen LogP contribution in [0, 0.1) is 5.92 Å². The molecular weight excluding hydrogens is 360 g/mol. The van der Waals surface area contributed by atoms with Crippen molar-refractivity contribution in [3.8, 4) is 0 Å². The summed E-state index contributed by atoms with van der Waals surface area (Å²) in [4.78, 5) is 28.1. The summed E-state index contributed by atoms with van der Waals surface area (Å²) in [5.41, 5.74) is 3.99. The molecule has 3 rings (SSSR count). The number of likely N-dealkylation sites (tertiary alicyclic amines) is 1. The minimum atomic E-state index is -0.392. The van der Waals surface area contributed by atoms with Gasteiger partial charge in [-0.3, -0.25) is 19.2 Å². The minimum absolute atomic E-state index is 0.133. The predicted octanol–water partition coefficient (Wildman–Crippen LogP) is 0.407. The molecule has 154 valence electrons. The third-order valence-corrected chi connectivity index (χ3v) is 5.22. The Hall–Kier alpha value is -2.23. The molecule has 28 heavy (non-hydrogen) atoms. The lowest BCUT2D eigenvalue weighted by atomic mass is 9.98. The molecule has 2 atom stereocenters. The Bertz CT molecular complexity index is 738. The molecule has 1 fully saturated rings. The van der Waals surface area contributed by atoms with Crippen LogP contribution in [-0.4, -0.2) is 65.5 Å². The zero-order chi connectivity index (χ0) is 20.3. The number of nitrogens with one attached hydrogen (secondary N) is 2. The first-order chi connectivity index (χ1) is 13.4. The van der Waals surface area contributed by atoms with E-state index in [9.17, 15) is 9.59 Å². The van der Waals surface area contributed by atoms with E-state index in [0.717, 1.165) is 25.9 Å². The summed E-state index contributed by atoms with van der Waals surface area (Å²) >= 11 is 0. The minimum Gasteiger partial charge on any atom is -0.383 e. The second-order valence-electron chi connectivity index (χ2n) is 7.72. The van der Waals surface area contributed by atoms with E-state index in [0.29, 0.717) is 18.2 Å². The first kappa shape index (κ1) is 20.5. The molecule has 2 N–H and O–H groups in total. The molecule has 9 nitrogen and oxygen atoms in total. The number of carbonyl (C=O) groups excluding carboxylic acids is 2. The molecule has 0 aliphatic carbocycles. The highest BCUT2D eigenvalue weighted by Gasteiger charge is 2.36. The number of rotatable bonds is 6. The number of aryl methyl sites for hydroxylation is 1. The Morgan fingerprint density at radius 3 is 2.75 bits per heavy atom. The van der Waals surface area contributed by atoms with Crippen molar-refractivity contribution >= 4 is 17.5 Å². The molecule has 9 heteroatoms. The van der Waals surface area contributed by atoms with Gasteiger partial charge in [0.25, 0.3) is 11.8 Å². The molecule has 1 aromatic heterocycles. The van der Waals surface area contributed by atoms with Gasteiger partial charge in [0.15, 0.2) is 0 Å². The zero-order valence-electron chi connectivity index (χ0n) is 17.0. The van der Waals surface area contributed by atoms with Crippen LogP contribution in [0.5, 0.6) is 0 Å². The van der Waals surface area contributed by atoms with Gasteiger partial charge in [-0.2, -0.15) is 5.10 Å². The van der Waals surface area contributed by atoms with E-state index in [4.69, 9.17) is 4.74 Å². The van der Waals surface area contributed by atoms with Crippen LogP contribution in [0.1, 0.15) is 26.7 Å². The van der Waals surface area contributed by atoms with Gasteiger partial charge in [-0.1, -0.05) is 6.92 Å². The van der Waals surface area contributed by atoms with Gasteiger partial charge in [0.1, 0.15) is 5.57 Å². The van der Waals surface area contributed by atoms with Crippen molar-refractivity contribution in [2.24, 2.45) is 13.0 Å². The fourth-order valence-electron chi connectivity index (χ4n) is 3.55. The number of amides is 2. The summed E-state index contributed by atoms with van der Waals surface area (Å²) in [7, 11) is 3.37. The number of hydrogen-bond donors (Lipinski definition) is 2. The largest absolute Gasteiger partial charge is 0.383 e. The summed E-state index contributed by atoms with van der Waals surface area (Å²) in [6.45, 7) is 6.31. The average Bonchev–Trinajstić information content (AvgIpc) is 3.09. The van der Waals surface area contributed by atoms with Crippen molar-refractivity contribution < 1.29 is 14.3 Å². The second kappa shape index (κ2) is 8.85. The van der Waals surface area contributed by atoms with Crippen LogP contribution < -0.4 is 15.8 Å². The molecule has 1 unspecified atom stereocenters. The monoisotopic (exact) mass is 390 g/mol. The highest BCUT2D eigenvalue weighted by atomic mass is 16.5. The Labute approximate surface area is 165 Å². The van der Waals surface area contributed by atoms with Crippen LogP contribution in [0.4, 0.5) is 5.69 Å². The molecule has 0 aromatic carbocycles. The molecule has 0 saturated carbocycles. The number of nitrogens with zero attached hydrogens (tertiary/aromatic N) is 4. The summed E-state index contributed by atoms with van der Waals surface area (Å²) in [6.07, 6.45) is 7.05. The number of methoxy groups -OCH3 is 1. The summed E-state index contributed by atoms with van der Waals surface area (Å²) in [6, 6.07) is -0.192. The summed E-state index contributed by atoms with van der Waals surface area (Å²) in [5, 5.41) is 8.41. The Morgan fingerprint density at radius 1 is 1.43 bits per heavy atom. The van der Waals surface area contributed by atoms with Crippen LogP contribution in [0.25, 0.3) is 0 Å². The first-order valence-electron chi connectivity index (χ1n) is 9.74. The molecule has 2 aliphatic rings. The highest BCUT2D eigenvalue weighted by Crippen LogP contribution is 2.23. The number of aromatic nitrogens is 2. The van der Waals surface area contributed by atoms with Gasteiger partial charge in [-0.05, 0) is 31.8 Å². The molecule has 2 aliphatic heterocycles. The van der Waals surface area contributed by atoms with Gasteiger partial charge in [-0.15, -0.1) is 0 Å². The highest BCUT2D eigenvalue weighted by molar-refractivity contribution is 6.23. The van der Waals surface area contributed by atoms with E-state index in [1.807, 2.05) is 6.92 Å². The molecular formula is C19H30N6O3. The molecule has 2 amide bonds. The van der Waals surface area contributed by atoms with Crippen LogP contribution in [0.2, 0.25) is 0 Å². The van der Waals surface area contributed by atoms with Gasteiger partial charge >= 0.3 is 0 Å². The maximum atomic E-state index is 13.0. The number of ether oxygens (including phenoxy) is 1. The fraction of sp³-hybridized carbons (Fsp3) is 0.632. The molecule has 1 aromatic rings. The van der Waals surface area contributed by atoms with Crippen molar-refractivity contribution in [1.29, 1.82) is 0 Å². The number of anilines is 1. The fourth-order valence-corrected chi connectivity index (χ4v) is 3.55. The molecule has 1 saturated heterocycles. The van der Waals surface area contributed by atoms with Crippen LogP contribution >= 0.6 is 0 Å². The van der Waals surface area contributed by atoms with Crippen molar-refractivity contribution in [3.63, 3.8) is 0 Å². The van der Waals surface area contributed by atoms with Gasteiger partial charge in [-0.25, -0.2) is 10.4 Å². The third kappa shape index (κ3) is 4.60. The van der Waals surface area contributed by atoms with E-state index < -0.39 is 5.91 Å². The Kier molecular flexibility index (Phi) is 6.48. The van der Waals surface area contributed by atoms with E-state index in [-0.39, 0.29) is 23.7 Å².